The van der Waals surface area contributed by atoms with Crippen LogP contribution in [0.25, 0.3) is 33.2 Å². The van der Waals surface area contributed by atoms with E-state index in [1.807, 2.05) is 52.8 Å². The van der Waals surface area contributed by atoms with E-state index in [9.17, 15) is 28.8 Å². The molecule has 81 heavy (non-hydrogen) atoms. The number of carbonyl (C=O) groups is 7. The van der Waals surface area contributed by atoms with Gasteiger partial charge in [0.05, 0.1) is 91.1 Å². The summed E-state index contributed by atoms with van der Waals surface area (Å²) in [7, 11) is 1.63. The minimum absolute atomic E-state index is 0.0253. The second kappa shape index (κ2) is 27.1. The average Bonchev–Trinajstić information content (AvgIpc) is 4.33. The van der Waals surface area contributed by atoms with Crippen LogP contribution in [-0.4, -0.2) is 198 Å². The highest BCUT2D eigenvalue weighted by atomic mass is 16.6. The van der Waals surface area contributed by atoms with E-state index >= 15 is 4.79 Å². The summed E-state index contributed by atoms with van der Waals surface area (Å²) in [5.41, 5.74) is 7.42. The molecule has 1 saturated heterocycles. The molecule has 23 heteroatoms. The highest BCUT2D eigenvalue weighted by Crippen LogP contribution is 2.44. The fraction of sp³-hybridized carbons (Fsp3) is 0.569. The number of aliphatic hydroxyl groups excluding tert-OH is 1. The molecular formula is C58H80N10O13. The van der Waals surface area contributed by atoms with Gasteiger partial charge in [-0.2, -0.15) is 0 Å². The number of alkyl carbamates (subject to hydrolysis) is 1. The van der Waals surface area contributed by atoms with E-state index < -0.39 is 65.2 Å². The number of aryl methyl sites for hydroxylation is 2. The monoisotopic (exact) mass is 1120 g/mol. The molecule has 3 aromatic heterocycles. The van der Waals surface area contributed by atoms with E-state index in [4.69, 9.17) is 38.8 Å². The van der Waals surface area contributed by atoms with Gasteiger partial charge in [0.25, 0.3) is 11.8 Å². The molecule has 0 saturated carbocycles. The second-order valence-electron chi connectivity index (χ2n) is 21.9. The first-order valence-electron chi connectivity index (χ1n) is 27.9. The summed E-state index contributed by atoms with van der Waals surface area (Å²) in [4.78, 5) is 119. The minimum atomic E-state index is -0.981. The van der Waals surface area contributed by atoms with Gasteiger partial charge in [0.2, 0.25) is 17.7 Å². The molecule has 0 unspecified atom stereocenters. The maximum Gasteiger partial charge on any atom is 0.408 e. The van der Waals surface area contributed by atoms with Crippen molar-refractivity contribution in [1.29, 1.82) is 0 Å². The van der Waals surface area contributed by atoms with Crippen LogP contribution in [0.2, 0.25) is 0 Å². The first-order valence-corrected chi connectivity index (χ1v) is 27.9. The molecule has 7 rings (SSSR count). The fourth-order valence-corrected chi connectivity index (χ4v) is 10.4. The first kappa shape index (κ1) is 61.6. The highest BCUT2D eigenvalue weighted by molar-refractivity contribution is 6.23. The van der Waals surface area contributed by atoms with Gasteiger partial charge in [0.15, 0.2) is 0 Å². The second-order valence-corrected chi connectivity index (χ2v) is 21.9. The molecule has 0 radical (unpaired) electrons. The Labute approximate surface area is 472 Å². The predicted molar refractivity (Wildman–Crippen MR) is 302 cm³/mol. The number of H-pyrrole nitrogens is 2. The molecule has 440 valence electrons. The van der Waals surface area contributed by atoms with Crippen molar-refractivity contribution in [3.63, 3.8) is 0 Å². The summed E-state index contributed by atoms with van der Waals surface area (Å²) in [5, 5.41) is 16.8. The summed E-state index contributed by atoms with van der Waals surface area (Å²) in [6.07, 6.45) is 0.121. The Hall–Kier alpha value is -7.05. The quantitative estimate of drug-likeness (QED) is 0.0412. The van der Waals surface area contributed by atoms with Crippen molar-refractivity contribution < 1.29 is 62.4 Å². The van der Waals surface area contributed by atoms with Gasteiger partial charge in [0, 0.05) is 81.3 Å². The number of nitrogens with one attached hydrogen (secondary N) is 5. The Morgan fingerprint density at radius 1 is 0.840 bits per heavy atom. The summed E-state index contributed by atoms with van der Waals surface area (Å²) in [6, 6.07) is 3.65. The molecule has 0 aliphatic carbocycles. The number of likely N-dealkylation sites (N-methyl/N-ethyl adjacent to an activating group) is 1. The lowest BCUT2D eigenvalue weighted by molar-refractivity contribution is -0.131. The lowest BCUT2D eigenvalue weighted by Gasteiger charge is -2.31. The molecule has 7 heterocycles. The van der Waals surface area contributed by atoms with Gasteiger partial charge in [-0.15, -0.1) is 0 Å². The zero-order valence-corrected chi connectivity index (χ0v) is 48.6. The van der Waals surface area contributed by atoms with Crippen molar-refractivity contribution in [2.75, 3.05) is 99.2 Å². The largest absolute Gasteiger partial charge is 0.460 e. The van der Waals surface area contributed by atoms with E-state index in [1.54, 1.807) is 27.8 Å². The van der Waals surface area contributed by atoms with Crippen LogP contribution in [0, 0.1) is 13.8 Å². The number of hydrogen-bond acceptors (Lipinski definition) is 16. The molecule has 1 fully saturated rings. The van der Waals surface area contributed by atoms with Crippen LogP contribution in [0.4, 0.5) is 4.79 Å². The van der Waals surface area contributed by atoms with E-state index in [0.29, 0.717) is 106 Å². The maximum atomic E-state index is 15.3. The Bertz CT molecular complexity index is 3080. The summed E-state index contributed by atoms with van der Waals surface area (Å²) in [6.45, 7) is 21.6. The number of esters is 1. The number of aromatic amines is 2. The van der Waals surface area contributed by atoms with Crippen molar-refractivity contribution in [2.24, 2.45) is 0 Å². The smallest absolute Gasteiger partial charge is 0.408 e. The van der Waals surface area contributed by atoms with E-state index in [-0.39, 0.29) is 83.6 Å². The molecule has 0 aromatic carbocycles. The van der Waals surface area contributed by atoms with Crippen molar-refractivity contribution in [1.82, 2.24) is 50.6 Å². The average molecular weight is 1130 g/mol. The maximum absolute atomic E-state index is 15.3. The molecule has 6 N–H and O–H groups in total. The Kier molecular flexibility index (Phi) is 20.6. The summed E-state index contributed by atoms with van der Waals surface area (Å²) < 4.78 is 27.5. The molecule has 4 aliphatic heterocycles. The van der Waals surface area contributed by atoms with Crippen LogP contribution in [0.1, 0.15) is 151 Å². The van der Waals surface area contributed by atoms with E-state index in [2.05, 4.69) is 30.8 Å². The van der Waals surface area contributed by atoms with Gasteiger partial charge in [0.1, 0.15) is 24.3 Å². The molecular weight excluding hydrogens is 1040 g/mol. The van der Waals surface area contributed by atoms with Gasteiger partial charge < -0.3 is 59.6 Å². The topological polar surface area (TPSA) is 289 Å². The number of morpholine rings is 1. The van der Waals surface area contributed by atoms with Gasteiger partial charge in [-0.25, -0.2) is 14.6 Å². The number of aromatic nitrogens is 4. The number of aliphatic hydroxyl groups is 1. The highest BCUT2D eigenvalue weighted by Gasteiger charge is 2.41. The number of amides is 6. The number of ether oxygens (including phenoxy) is 5. The molecule has 4 aliphatic rings. The third-order valence-electron chi connectivity index (χ3n) is 15.0. The molecule has 4 atom stereocenters. The minimum Gasteiger partial charge on any atom is -0.460 e. The first-order chi connectivity index (χ1) is 38.5. The summed E-state index contributed by atoms with van der Waals surface area (Å²) in [5.74, 6) is -3.75. The molecule has 0 spiro atoms. The number of allylic oxidation sites excluding steroid dienone is 2. The van der Waals surface area contributed by atoms with Crippen LogP contribution >= 0.6 is 0 Å². The number of hydrogen-bond donors (Lipinski definition) is 6. The molecule has 8 bridgehead atoms. The van der Waals surface area contributed by atoms with E-state index in [0.717, 1.165) is 11.1 Å². The fourth-order valence-electron chi connectivity index (χ4n) is 10.4. The summed E-state index contributed by atoms with van der Waals surface area (Å²) >= 11 is 0. The van der Waals surface area contributed by atoms with Crippen LogP contribution in [0.15, 0.2) is 18.2 Å². The number of nitrogens with zero attached hydrogens (tertiary/aromatic N) is 5. The normalized spacial score (nSPS) is 17.2. The van der Waals surface area contributed by atoms with Crippen LogP contribution in [0.3, 0.4) is 0 Å². The third kappa shape index (κ3) is 14.7. The van der Waals surface area contributed by atoms with Gasteiger partial charge in [-0.3, -0.25) is 38.8 Å². The van der Waals surface area contributed by atoms with Gasteiger partial charge in [-0.1, -0.05) is 13.8 Å². The van der Waals surface area contributed by atoms with Crippen molar-refractivity contribution in [3.05, 3.63) is 68.8 Å². The van der Waals surface area contributed by atoms with Crippen LogP contribution in [0.5, 0.6) is 0 Å². The lowest BCUT2D eigenvalue weighted by atomic mass is 9.84. The molecule has 3 aromatic rings. The molecule has 6 amide bonds. The number of imide groups is 1. The zero-order valence-electron chi connectivity index (χ0n) is 48.6. The number of rotatable bonds is 23. The van der Waals surface area contributed by atoms with Crippen molar-refractivity contribution in [2.45, 2.75) is 118 Å². The Morgan fingerprint density at radius 3 is 2.19 bits per heavy atom. The predicted octanol–water partition coefficient (Wildman–Crippen LogP) is 5.04. The van der Waals surface area contributed by atoms with Crippen LogP contribution < -0.4 is 16.0 Å². The Morgan fingerprint density at radius 2 is 1.49 bits per heavy atom. The Balaban J connectivity index is 1.23. The van der Waals surface area contributed by atoms with Crippen molar-refractivity contribution in [3.8, 4) is 0 Å². The van der Waals surface area contributed by atoms with Gasteiger partial charge in [-0.05, 0) is 109 Å². The van der Waals surface area contributed by atoms with Crippen molar-refractivity contribution >= 4 is 74.8 Å². The standard InChI is InChI=1S/C58H80N10O13/c1-12-38-32(2)40-31-45-47(56(75)80-28-27-79-26-25-78-24-21-69)34(4)42(63-45)29-41-33(3)39(13-14-46(70)66(11)16-15-59-52(71)36(6)60-53(72)37(7)61-57(76)81-58(8,9)10)50(64-41)49-51-48(35(5)43(65-51)30-44(38)62-40)54(73)68(55(49)74)18-17-67-19-22-77-23-20-67/h29-31,33,36-37,39,63,65,69H,12-28H2,1-11H3,(H,59,71)(H,60,72)(H,61,76)/t33-,36-,37-,39-/m0/s1. The number of fused-ring (bicyclic) bond motifs is 8. The van der Waals surface area contributed by atoms with Gasteiger partial charge >= 0.3 is 12.1 Å². The zero-order chi connectivity index (χ0) is 58.9. The van der Waals surface area contributed by atoms with Crippen LogP contribution in [-0.2, 0) is 38.1 Å². The third-order valence-corrected chi connectivity index (χ3v) is 15.0. The molecule has 23 nitrogen and oxygen atoms in total. The number of carbonyl (C=O) groups excluding carboxylic acids is 7. The van der Waals surface area contributed by atoms with E-state index in [1.165, 1.54) is 23.6 Å². The SMILES string of the molecule is CCC1=C(C)c2cc3[nH]c(cc4nc(c5c6[nH]c(cc1n2)c(C)c6C(=O)N(CCN1CCOCC1)C5=O)[C@@H](CCC(=O)N(C)CCNC(=O)[C@H](C)NC(=O)[C@H](C)NC(=O)OC(C)(C)C)[C@@H]4C)c(C)c3C(=O)OCCOCCOCCO. The lowest BCUT2D eigenvalue weighted by Crippen LogP contribution is -2.52.